The van der Waals surface area contributed by atoms with Crippen molar-refractivity contribution in [2.75, 3.05) is 26.9 Å². The first-order valence-corrected chi connectivity index (χ1v) is 11.5. The maximum absolute atomic E-state index is 5.97. The lowest BCUT2D eigenvalue weighted by Gasteiger charge is -2.39. The highest BCUT2D eigenvalue weighted by molar-refractivity contribution is 5.42. The number of methoxy groups -OCH3 is 1. The Bertz CT molecular complexity index is 600. The molecule has 0 bridgehead atoms. The second kappa shape index (κ2) is 11.8. The van der Waals surface area contributed by atoms with Crippen molar-refractivity contribution in [2.24, 2.45) is 17.8 Å². The fourth-order valence-corrected chi connectivity index (χ4v) is 4.46. The molecule has 0 aromatic heterocycles. The topological polar surface area (TPSA) is 39.7 Å². The number of rotatable bonds is 12. The molecule has 0 aliphatic carbocycles. The van der Waals surface area contributed by atoms with E-state index in [1.807, 2.05) is 13.0 Å². The lowest BCUT2D eigenvalue weighted by atomic mass is 9.75. The van der Waals surface area contributed by atoms with Crippen molar-refractivity contribution >= 4 is 0 Å². The van der Waals surface area contributed by atoms with Crippen LogP contribution in [0.1, 0.15) is 72.3 Å². The predicted molar refractivity (Wildman–Crippen MR) is 121 cm³/mol. The van der Waals surface area contributed by atoms with Crippen molar-refractivity contribution < 1.29 is 14.2 Å². The van der Waals surface area contributed by atoms with E-state index in [9.17, 15) is 0 Å². The van der Waals surface area contributed by atoms with Crippen LogP contribution >= 0.6 is 0 Å². The summed E-state index contributed by atoms with van der Waals surface area (Å²) in [5, 5.41) is 3.65. The second-order valence-corrected chi connectivity index (χ2v) is 9.48. The molecule has 1 N–H and O–H groups in total. The SMILES string of the molecule is CCOc1ccc(CNCCC(CCC(C)C)C2CCOC(C)(C)C2)cc1OC. The minimum absolute atomic E-state index is 0.0330. The third-order valence-electron chi connectivity index (χ3n) is 6.07. The third kappa shape index (κ3) is 8.18. The molecule has 4 heteroatoms. The lowest BCUT2D eigenvalue weighted by molar-refractivity contribution is -0.0839. The molecular formula is C25H43NO3. The van der Waals surface area contributed by atoms with Crippen LogP contribution in [0.5, 0.6) is 11.5 Å². The van der Waals surface area contributed by atoms with Gasteiger partial charge in [0.05, 0.1) is 19.3 Å². The van der Waals surface area contributed by atoms with Crippen molar-refractivity contribution in [3.63, 3.8) is 0 Å². The Balaban J connectivity index is 1.87. The third-order valence-corrected chi connectivity index (χ3v) is 6.07. The largest absolute Gasteiger partial charge is 0.493 e. The Hall–Kier alpha value is -1.26. The smallest absolute Gasteiger partial charge is 0.161 e. The zero-order valence-corrected chi connectivity index (χ0v) is 19.6. The number of ether oxygens (including phenoxy) is 3. The molecule has 1 aliphatic heterocycles. The monoisotopic (exact) mass is 405 g/mol. The molecule has 0 amide bonds. The molecule has 166 valence electrons. The molecule has 1 aromatic carbocycles. The minimum atomic E-state index is 0.0330. The Morgan fingerprint density at radius 2 is 1.97 bits per heavy atom. The van der Waals surface area contributed by atoms with Crippen molar-refractivity contribution in [2.45, 2.75) is 78.9 Å². The Kier molecular flexibility index (Phi) is 9.78. The standard InChI is InChI=1S/C25H43NO3/c1-7-28-23-11-9-20(16-24(23)27-6)18-26-14-12-21(10-8-19(2)3)22-13-15-29-25(4,5)17-22/h9,11,16,19,21-22,26H,7-8,10,12-15,17-18H2,1-6H3. The van der Waals surface area contributed by atoms with E-state index in [1.54, 1.807) is 7.11 Å². The van der Waals surface area contributed by atoms with E-state index in [-0.39, 0.29) is 5.60 Å². The van der Waals surface area contributed by atoms with E-state index >= 15 is 0 Å². The molecule has 0 saturated carbocycles. The van der Waals surface area contributed by atoms with Gasteiger partial charge >= 0.3 is 0 Å². The quantitative estimate of drug-likeness (QED) is 0.444. The molecule has 1 aromatic rings. The predicted octanol–water partition coefficient (Wildman–Crippen LogP) is 5.83. The fraction of sp³-hybridized carbons (Fsp3) is 0.760. The number of hydrogen-bond donors (Lipinski definition) is 1. The average Bonchev–Trinajstić information content (AvgIpc) is 2.67. The molecule has 0 radical (unpaired) electrons. The first-order chi connectivity index (χ1) is 13.8. The Labute approximate surface area is 178 Å². The van der Waals surface area contributed by atoms with Gasteiger partial charge in [-0.2, -0.15) is 0 Å². The van der Waals surface area contributed by atoms with E-state index in [4.69, 9.17) is 14.2 Å². The van der Waals surface area contributed by atoms with Crippen LogP contribution in [0.15, 0.2) is 18.2 Å². The van der Waals surface area contributed by atoms with Crippen molar-refractivity contribution in [1.29, 1.82) is 0 Å². The van der Waals surface area contributed by atoms with Gasteiger partial charge in [0, 0.05) is 13.2 Å². The van der Waals surface area contributed by atoms with E-state index in [0.29, 0.717) is 6.61 Å². The highest BCUT2D eigenvalue weighted by Gasteiger charge is 2.33. The summed E-state index contributed by atoms with van der Waals surface area (Å²) < 4.78 is 17.1. The van der Waals surface area contributed by atoms with Gasteiger partial charge in [-0.3, -0.25) is 0 Å². The second-order valence-electron chi connectivity index (χ2n) is 9.48. The highest BCUT2D eigenvalue weighted by atomic mass is 16.5. The van der Waals surface area contributed by atoms with Crippen LogP contribution in [-0.4, -0.2) is 32.5 Å². The number of benzene rings is 1. The van der Waals surface area contributed by atoms with Crippen LogP contribution < -0.4 is 14.8 Å². The maximum atomic E-state index is 5.97. The number of hydrogen-bond acceptors (Lipinski definition) is 4. The molecule has 4 nitrogen and oxygen atoms in total. The van der Waals surface area contributed by atoms with Crippen LogP contribution in [0, 0.1) is 17.8 Å². The van der Waals surface area contributed by atoms with E-state index in [0.717, 1.165) is 48.9 Å². The molecule has 2 unspecified atom stereocenters. The van der Waals surface area contributed by atoms with Gasteiger partial charge in [-0.15, -0.1) is 0 Å². The molecule has 1 saturated heterocycles. The molecule has 1 aliphatic rings. The van der Waals surface area contributed by atoms with Gasteiger partial charge in [0.25, 0.3) is 0 Å². The van der Waals surface area contributed by atoms with Gasteiger partial charge in [-0.05, 0) is 88.4 Å². The molecule has 2 atom stereocenters. The van der Waals surface area contributed by atoms with Crippen molar-refractivity contribution in [3.05, 3.63) is 23.8 Å². The molecular weight excluding hydrogens is 362 g/mol. The first kappa shape index (κ1) is 24.0. The summed E-state index contributed by atoms with van der Waals surface area (Å²) in [6.07, 6.45) is 6.28. The summed E-state index contributed by atoms with van der Waals surface area (Å²) in [7, 11) is 1.70. The van der Waals surface area contributed by atoms with Crippen LogP contribution in [0.25, 0.3) is 0 Å². The summed E-state index contributed by atoms with van der Waals surface area (Å²) in [5.74, 6) is 3.96. The summed E-state index contributed by atoms with van der Waals surface area (Å²) in [6.45, 7) is 14.6. The molecule has 1 fully saturated rings. The highest BCUT2D eigenvalue weighted by Crippen LogP contribution is 2.37. The fourth-order valence-electron chi connectivity index (χ4n) is 4.46. The first-order valence-electron chi connectivity index (χ1n) is 11.5. The zero-order valence-electron chi connectivity index (χ0n) is 19.6. The van der Waals surface area contributed by atoms with Gasteiger partial charge in [-0.25, -0.2) is 0 Å². The molecule has 1 heterocycles. The van der Waals surface area contributed by atoms with Gasteiger partial charge in [-0.1, -0.05) is 26.3 Å². The van der Waals surface area contributed by atoms with E-state index in [1.165, 1.54) is 37.7 Å². The van der Waals surface area contributed by atoms with Gasteiger partial charge in [0.2, 0.25) is 0 Å². The molecule has 29 heavy (non-hydrogen) atoms. The average molecular weight is 406 g/mol. The van der Waals surface area contributed by atoms with Crippen molar-refractivity contribution in [1.82, 2.24) is 5.32 Å². The number of nitrogens with one attached hydrogen (secondary N) is 1. The van der Waals surface area contributed by atoms with E-state index in [2.05, 4.69) is 45.1 Å². The minimum Gasteiger partial charge on any atom is -0.493 e. The summed E-state index contributed by atoms with van der Waals surface area (Å²) in [5.41, 5.74) is 1.27. The normalized spacial score (nSPS) is 19.9. The molecule has 0 spiro atoms. The van der Waals surface area contributed by atoms with Gasteiger partial charge in [0.1, 0.15) is 0 Å². The zero-order chi connectivity index (χ0) is 21.3. The van der Waals surface area contributed by atoms with Gasteiger partial charge < -0.3 is 19.5 Å². The van der Waals surface area contributed by atoms with Gasteiger partial charge in [0.15, 0.2) is 11.5 Å². The summed E-state index contributed by atoms with van der Waals surface area (Å²) >= 11 is 0. The lowest BCUT2D eigenvalue weighted by Crippen LogP contribution is -2.37. The summed E-state index contributed by atoms with van der Waals surface area (Å²) in [6, 6.07) is 6.21. The summed E-state index contributed by atoms with van der Waals surface area (Å²) in [4.78, 5) is 0. The molecule has 2 rings (SSSR count). The van der Waals surface area contributed by atoms with Crippen LogP contribution in [-0.2, 0) is 11.3 Å². The van der Waals surface area contributed by atoms with Crippen molar-refractivity contribution in [3.8, 4) is 11.5 Å². The Morgan fingerprint density at radius 1 is 1.17 bits per heavy atom. The van der Waals surface area contributed by atoms with E-state index < -0.39 is 0 Å². The Morgan fingerprint density at radius 3 is 2.62 bits per heavy atom. The maximum Gasteiger partial charge on any atom is 0.161 e. The van der Waals surface area contributed by atoms with Crippen LogP contribution in [0.2, 0.25) is 0 Å². The van der Waals surface area contributed by atoms with Crippen LogP contribution in [0.4, 0.5) is 0 Å². The van der Waals surface area contributed by atoms with Crippen LogP contribution in [0.3, 0.4) is 0 Å².